The van der Waals surface area contributed by atoms with Crippen molar-refractivity contribution in [3.63, 3.8) is 0 Å². The van der Waals surface area contributed by atoms with E-state index in [1.165, 1.54) is 0 Å². The van der Waals surface area contributed by atoms with Gasteiger partial charge in [-0.15, -0.1) is 0 Å². The molecule has 2 aliphatic rings. The molecule has 0 aromatic heterocycles. The Hall–Kier alpha value is -1.89. The zero-order valence-corrected chi connectivity index (χ0v) is 20.7. The first kappa shape index (κ1) is 25.4. The highest BCUT2D eigenvalue weighted by Gasteiger charge is 2.54. The third kappa shape index (κ3) is 5.88. The summed E-state index contributed by atoms with van der Waals surface area (Å²) >= 11 is 0. The van der Waals surface area contributed by atoms with Gasteiger partial charge >= 0.3 is 5.97 Å². The third-order valence-corrected chi connectivity index (χ3v) is 6.54. The number of ether oxygens (including phenoxy) is 1. The largest absolute Gasteiger partial charge is 0.463 e. The Morgan fingerprint density at radius 1 is 1.26 bits per heavy atom. The van der Waals surface area contributed by atoms with Gasteiger partial charge in [0.25, 0.3) is 0 Å². The standard InChI is InChI=1S/C24H41N3O4/c1-10-31-23(30)15(4)11-18(14(2)3)27(9)22(29)20(24(5,6)7)25-21(28)19-17-12-16(17)13-26(19)8/h11,14,16-20H,10,12-13H2,1-9H3,(H,25,28)/b15-11+/t16-,17-,18?,19-,20+/m0/s1. The van der Waals surface area contributed by atoms with Gasteiger partial charge in [-0.2, -0.15) is 0 Å². The summed E-state index contributed by atoms with van der Waals surface area (Å²) in [7, 11) is 3.72. The van der Waals surface area contributed by atoms with Crippen LogP contribution in [0.3, 0.4) is 0 Å². The number of hydrogen-bond acceptors (Lipinski definition) is 5. The fraction of sp³-hybridized carbons (Fsp3) is 0.792. The topological polar surface area (TPSA) is 79.0 Å². The second-order valence-corrected chi connectivity index (χ2v) is 10.6. The summed E-state index contributed by atoms with van der Waals surface area (Å²) in [4.78, 5) is 42.6. The smallest absolute Gasteiger partial charge is 0.333 e. The van der Waals surface area contributed by atoms with Crippen molar-refractivity contribution in [3.8, 4) is 0 Å². The summed E-state index contributed by atoms with van der Waals surface area (Å²) in [5.41, 5.74) is 0.0200. The minimum absolute atomic E-state index is 0.0616. The van der Waals surface area contributed by atoms with Crippen molar-refractivity contribution in [3.05, 3.63) is 11.6 Å². The molecule has 5 atom stereocenters. The molecule has 2 rings (SSSR count). The average molecular weight is 436 g/mol. The van der Waals surface area contributed by atoms with Crippen molar-refractivity contribution in [1.82, 2.24) is 15.1 Å². The summed E-state index contributed by atoms with van der Waals surface area (Å²) in [5.74, 6) is 0.528. The monoisotopic (exact) mass is 435 g/mol. The quantitative estimate of drug-likeness (QED) is 0.468. The van der Waals surface area contributed by atoms with Gasteiger partial charge in [-0.1, -0.05) is 40.7 Å². The molecule has 0 aromatic rings. The molecule has 0 spiro atoms. The average Bonchev–Trinajstić information content (AvgIpc) is 3.32. The highest BCUT2D eigenvalue weighted by molar-refractivity contribution is 5.91. The molecule has 1 heterocycles. The maximum atomic E-state index is 13.6. The van der Waals surface area contributed by atoms with E-state index in [0.29, 0.717) is 24.0 Å². The van der Waals surface area contributed by atoms with E-state index in [0.717, 1.165) is 13.0 Å². The number of carbonyl (C=O) groups excluding carboxylic acids is 3. The van der Waals surface area contributed by atoms with Crippen molar-refractivity contribution in [2.75, 3.05) is 27.2 Å². The van der Waals surface area contributed by atoms with Gasteiger partial charge in [-0.05, 0) is 50.5 Å². The van der Waals surface area contributed by atoms with Gasteiger partial charge in [0, 0.05) is 19.2 Å². The fourth-order valence-corrected chi connectivity index (χ4v) is 4.62. The van der Waals surface area contributed by atoms with Gasteiger partial charge in [0.1, 0.15) is 6.04 Å². The molecule has 0 aromatic carbocycles. The van der Waals surface area contributed by atoms with Crippen LogP contribution in [0.5, 0.6) is 0 Å². The summed E-state index contributed by atoms with van der Waals surface area (Å²) in [5, 5.41) is 3.07. The summed E-state index contributed by atoms with van der Waals surface area (Å²) in [6.45, 7) is 14.6. The molecule has 2 fully saturated rings. The molecule has 1 N–H and O–H groups in total. The number of nitrogens with zero attached hydrogens (tertiary/aromatic N) is 2. The summed E-state index contributed by atoms with van der Waals surface area (Å²) in [6.07, 6.45) is 2.89. The van der Waals surface area contributed by atoms with E-state index in [1.54, 1.807) is 31.9 Å². The molecule has 31 heavy (non-hydrogen) atoms. The van der Waals surface area contributed by atoms with Crippen molar-refractivity contribution in [2.24, 2.45) is 23.2 Å². The lowest BCUT2D eigenvalue weighted by atomic mass is 9.84. The van der Waals surface area contributed by atoms with Gasteiger partial charge in [0.15, 0.2) is 0 Å². The molecule has 1 aliphatic carbocycles. The highest BCUT2D eigenvalue weighted by Crippen LogP contribution is 2.49. The number of amides is 2. The van der Waals surface area contributed by atoms with Crippen LogP contribution in [0.2, 0.25) is 0 Å². The van der Waals surface area contributed by atoms with Gasteiger partial charge in [-0.25, -0.2) is 4.79 Å². The molecule has 0 bridgehead atoms. The van der Waals surface area contributed by atoms with Gasteiger partial charge < -0.3 is 15.0 Å². The predicted molar refractivity (Wildman–Crippen MR) is 121 cm³/mol. The molecule has 2 amide bonds. The lowest BCUT2D eigenvalue weighted by Gasteiger charge is -2.38. The number of carbonyl (C=O) groups is 3. The van der Waals surface area contributed by atoms with Crippen LogP contribution in [0.4, 0.5) is 0 Å². The Morgan fingerprint density at radius 2 is 1.87 bits per heavy atom. The van der Waals surface area contributed by atoms with Crippen LogP contribution < -0.4 is 5.32 Å². The molecule has 7 heteroatoms. The Morgan fingerprint density at radius 3 is 2.32 bits per heavy atom. The van der Waals surface area contributed by atoms with E-state index >= 15 is 0 Å². The zero-order chi connectivity index (χ0) is 23.7. The maximum absolute atomic E-state index is 13.6. The van der Waals surface area contributed by atoms with Gasteiger partial charge in [0.05, 0.1) is 18.7 Å². The van der Waals surface area contributed by atoms with E-state index in [2.05, 4.69) is 10.2 Å². The van der Waals surface area contributed by atoms with Gasteiger partial charge in [0.2, 0.25) is 11.8 Å². The molecule has 7 nitrogen and oxygen atoms in total. The molecular weight excluding hydrogens is 394 g/mol. The number of hydrogen-bond donors (Lipinski definition) is 1. The lowest BCUT2D eigenvalue weighted by Crippen LogP contribution is -2.59. The number of nitrogens with one attached hydrogen (secondary N) is 1. The van der Waals surface area contributed by atoms with E-state index in [4.69, 9.17) is 4.74 Å². The van der Waals surface area contributed by atoms with Crippen molar-refractivity contribution < 1.29 is 19.1 Å². The fourth-order valence-electron chi connectivity index (χ4n) is 4.62. The normalized spacial score (nSPS) is 25.6. The van der Waals surface area contributed by atoms with Crippen molar-refractivity contribution in [2.45, 2.75) is 73.0 Å². The van der Waals surface area contributed by atoms with Crippen LogP contribution in [0, 0.1) is 23.2 Å². The van der Waals surface area contributed by atoms with Crippen molar-refractivity contribution >= 4 is 17.8 Å². The predicted octanol–water partition coefficient (Wildman–Crippen LogP) is 2.46. The second-order valence-electron chi connectivity index (χ2n) is 10.6. The lowest BCUT2D eigenvalue weighted by molar-refractivity contribution is -0.141. The Kier molecular flexibility index (Phi) is 7.95. The Balaban J connectivity index is 2.21. The number of esters is 1. The molecule has 1 unspecified atom stereocenters. The molecule has 1 saturated heterocycles. The minimum Gasteiger partial charge on any atom is -0.463 e. The molecule has 176 valence electrons. The summed E-state index contributed by atoms with van der Waals surface area (Å²) in [6, 6.07) is -1.10. The number of likely N-dealkylation sites (tertiary alicyclic amines) is 1. The minimum atomic E-state index is -0.659. The van der Waals surface area contributed by atoms with Crippen molar-refractivity contribution in [1.29, 1.82) is 0 Å². The van der Waals surface area contributed by atoms with Crippen LogP contribution >= 0.6 is 0 Å². The van der Waals surface area contributed by atoms with Crippen LogP contribution in [-0.2, 0) is 19.1 Å². The summed E-state index contributed by atoms with van der Waals surface area (Å²) < 4.78 is 5.09. The number of rotatable bonds is 8. The molecule has 1 saturated carbocycles. The number of likely N-dealkylation sites (N-methyl/N-ethyl adjacent to an activating group) is 2. The SMILES string of the molecule is CCOC(=O)/C(C)=C/C(C(C)C)N(C)C(=O)[C@@H](NC(=O)[C@@H]1[C@H]2C[C@H]2CN1C)C(C)(C)C. The van der Waals surface area contributed by atoms with E-state index < -0.39 is 11.5 Å². The Bertz CT molecular complexity index is 723. The zero-order valence-electron chi connectivity index (χ0n) is 20.7. The maximum Gasteiger partial charge on any atom is 0.333 e. The molecule has 1 aliphatic heterocycles. The number of fused-ring (bicyclic) bond motifs is 1. The molecular formula is C24H41N3O4. The van der Waals surface area contributed by atoms with Crippen LogP contribution in [0.25, 0.3) is 0 Å². The van der Waals surface area contributed by atoms with Gasteiger partial charge in [-0.3, -0.25) is 14.5 Å². The van der Waals surface area contributed by atoms with Crippen LogP contribution in [0.15, 0.2) is 11.6 Å². The number of piperidine rings is 1. The highest BCUT2D eigenvalue weighted by atomic mass is 16.5. The van der Waals surface area contributed by atoms with E-state index in [1.807, 2.05) is 41.7 Å². The first-order valence-corrected chi connectivity index (χ1v) is 11.4. The van der Waals surface area contributed by atoms with Crippen LogP contribution in [0.1, 0.15) is 54.9 Å². The van der Waals surface area contributed by atoms with Crippen LogP contribution in [-0.4, -0.2) is 73.0 Å². The first-order valence-electron chi connectivity index (χ1n) is 11.4. The first-order chi connectivity index (χ1) is 14.3. The van der Waals surface area contributed by atoms with E-state index in [-0.39, 0.29) is 35.8 Å². The second kappa shape index (κ2) is 9.72. The Labute approximate surface area is 187 Å². The molecule has 0 radical (unpaired) electrons. The van der Waals surface area contributed by atoms with E-state index in [9.17, 15) is 14.4 Å². The third-order valence-electron chi connectivity index (χ3n) is 6.54.